The number of piperidine rings is 1. The lowest BCUT2D eigenvalue weighted by Gasteiger charge is -2.41. The largest absolute Gasteiger partial charge is 0.453 e. The summed E-state index contributed by atoms with van der Waals surface area (Å²) in [7, 11) is 0. The number of hydrogen-bond donors (Lipinski definition) is 0. The summed E-state index contributed by atoms with van der Waals surface area (Å²) in [5.74, 6) is -0.563. The molecule has 3 aromatic rings. The lowest BCUT2D eigenvalue weighted by Crippen LogP contribution is -2.49. The second-order valence-corrected chi connectivity index (χ2v) is 7.59. The van der Waals surface area contributed by atoms with Crippen molar-refractivity contribution in [3.8, 4) is 0 Å². The van der Waals surface area contributed by atoms with Crippen LogP contribution in [-0.2, 0) is 17.4 Å². The van der Waals surface area contributed by atoms with Crippen molar-refractivity contribution < 1.29 is 18.0 Å². The fourth-order valence-electron chi connectivity index (χ4n) is 4.33. The van der Waals surface area contributed by atoms with E-state index in [0.717, 1.165) is 16.6 Å². The molecule has 0 unspecified atom stereocenters. The number of carbonyl (C=O) groups excluding carboxylic acids is 1. The van der Waals surface area contributed by atoms with Crippen molar-refractivity contribution in [3.63, 3.8) is 0 Å². The van der Waals surface area contributed by atoms with Crippen LogP contribution in [0, 0.1) is 0 Å². The van der Waals surface area contributed by atoms with Gasteiger partial charge in [-0.05, 0) is 43.0 Å². The maximum atomic E-state index is 13.1. The lowest BCUT2D eigenvalue weighted by molar-refractivity contribution is -0.146. The Morgan fingerprint density at radius 1 is 0.967 bits per heavy atom. The van der Waals surface area contributed by atoms with Crippen molar-refractivity contribution in [2.75, 3.05) is 22.9 Å². The van der Waals surface area contributed by atoms with E-state index in [9.17, 15) is 18.0 Å². The van der Waals surface area contributed by atoms with Gasteiger partial charge in [-0.15, -0.1) is 15.3 Å². The third-order valence-electron chi connectivity index (χ3n) is 5.78. The fourth-order valence-corrected chi connectivity index (χ4v) is 4.33. The second-order valence-electron chi connectivity index (χ2n) is 7.59. The van der Waals surface area contributed by atoms with Gasteiger partial charge in [0, 0.05) is 31.2 Å². The molecular weight excluding hydrogens is 397 g/mol. The predicted octanol–water partition coefficient (Wildman–Crippen LogP) is 3.09. The van der Waals surface area contributed by atoms with Crippen LogP contribution < -0.4 is 9.80 Å². The van der Waals surface area contributed by atoms with Crippen molar-refractivity contribution in [2.45, 2.75) is 37.9 Å². The van der Waals surface area contributed by atoms with E-state index in [0.29, 0.717) is 38.2 Å². The molecular formula is C20H19F3N6O. The summed E-state index contributed by atoms with van der Waals surface area (Å²) in [6.07, 6.45) is -1.93. The molecule has 156 valence electrons. The summed E-state index contributed by atoms with van der Waals surface area (Å²) in [6, 6.07) is 11.2. The van der Waals surface area contributed by atoms with Crippen molar-refractivity contribution in [1.29, 1.82) is 0 Å². The van der Waals surface area contributed by atoms with Crippen LogP contribution in [-0.4, -0.2) is 44.8 Å². The van der Waals surface area contributed by atoms with Crippen LogP contribution in [0.3, 0.4) is 0 Å². The van der Waals surface area contributed by atoms with Crippen molar-refractivity contribution >= 4 is 23.1 Å². The first kappa shape index (κ1) is 18.8. The molecule has 0 N–H and O–H groups in total. The number of alkyl halides is 3. The summed E-state index contributed by atoms with van der Waals surface area (Å²) < 4.78 is 40.1. The number of carbonyl (C=O) groups is 1. The third-order valence-corrected chi connectivity index (χ3v) is 5.78. The molecule has 0 aliphatic carbocycles. The Kier molecular flexibility index (Phi) is 4.37. The highest BCUT2D eigenvalue weighted by atomic mass is 19.4. The molecule has 1 saturated heterocycles. The van der Waals surface area contributed by atoms with Gasteiger partial charge in [-0.25, -0.2) is 0 Å². The zero-order valence-electron chi connectivity index (χ0n) is 16.0. The monoisotopic (exact) mass is 416 g/mol. The van der Waals surface area contributed by atoms with Crippen LogP contribution in [0.4, 0.5) is 24.7 Å². The van der Waals surface area contributed by atoms with E-state index < -0.39 is 12.0 Å². The van der Waals surface area contributed by atoms with Gasteiger partial charge in [0.2, 0.25) is 5.91 Å². The molecule has 7 nitrogen and oxygen atoms in total. The first-order chi connectivity index (χ1) is 14.4. The van der Waals surface area contributed by atoms with Crippen LogP contribution in [0.5, 0.6) is 0 Å². The SMILES string of the molecule is O=C1CCc2ccccc2N1C1CCN(c2ccc3nnc(C(F)(F)F)n3n2)CC1. The van der Waals surface area contributed by atoms with Crippen LogP contribution in [0.25, 0.3) is 5.65 Å². The number of para-hydroxylation sites is 1. The first-order valence-corrected chi connectivity index (χ1v) is 9.86. The van der Waals surface area contributed by atoms with Gasteiger partial charge in [-0.1, -0.05) is 18.2 Å². The van der Waals surface area contributed by atoms with Gasteiger partial charge < -0.3 is 9.80 Å². The van der Waals surface area contributed by atoms with Gasteiger partial charge in [-0.2, -0.15) is 17.7 Å². The smallest absolute Gasteiger partial charge is 0.355 e. The summed E-state index contributed by atoms with van der Waals surface area (Å²) >= 11 is 0. The zero-order chi connectivity index (χ0) is 20.9. The number of halogens is 3. The Morgan fingerprint density at radius 3 is 2.50 bits per heavy atom. The van der Waals surface area contributed by atoms with E-state index in [4.69, 9.17) is 0 Å². The molecule has 1 amide bonds. The number of nitrogens with zero attached hydrogens (tertiary/aromatic N) is 6. The van der Waals surface area contributed by atoms with Crippen LogP contribution in [0.2, 0.25) is 0 Å². The maximum Gasteiger partial charge on any atom is 0.453 e. The molecule has 2 aromatic heterocycles. The van der Waals surface area contributed by atoms with E-state index in [2.05, 4.69) is 21.4 Å². The molecule has 1 aromatic carbocycles. The third kappa shape index (κ3) is 3.16. The van der Waals surface area contributed by atoms with Crippen LogP contribution in [0.15, 0.2) is 36.4 Å². The topological polar surface area (TPSA) is 66.6 Å². The highest BCUT2D eigenvalue weighted by Crippen LogP contribution is 2.33. The summed E-state index contributed by atoms with van der Waals surface area (Å²) in [5.41, 5.74) is 2.21. The van der Waals surface area contributed by atoms with E-state index in [1.165, 1.54) is 11.6 Å². The van der Waals surface area contributed by atoms with Gasteiger partial charge in [0.1, 0.15) is 5.82 Å². The normalized spacial score (nSPS) is 18.2. The molecule has 4 heterocycles. The van der Waals surface area contributed by atoms with E-state index in [1.807, 2.05) is 28.0 Å². The van der Waals surface area contributed by atoms with E-state index in [-0.39, 0.29) is 17.6 Å². The molecule has 0 spiro atoms. The standard InChI is InChI=1S/C20H19F3N6O/c21-20(22,23)19-25-24-16-6-7-17(26-29(16)19)27-11-9-14(10-12-27)28-15-4-2-1-3-13(15)5-8-18(28)30/h1-4,6-7,14H,5,8-12H2. The number of aromatic nitrogens is 4. The summed E-state index contributed by atoms with van der Waals surface area (Å²) in [4.78, 5) is 16.5. The molecule has 2 aliphatic heterocycles. The molecule has 5 rings (SSSR count). The van der Waals surface area contributed by atoms with Gasteiger partial charge >= 0.3 is 6.18 Å². The molecule has 0 saturated carbocycles. The average Bonchev–Trinajstić information content (AvgIpc) is 3.18. The fraction of sp³-hybridized carbons (Fsp3) is 0.400. The number of hydrogen-bond acceptors (Lipinski definition) is 5. The minimum Gasteiger partial charge on any atom is -0.355 e. The highest BCUT2D eigenvalue weighted by molar-refractivity contribution is 5.97. The number of amides is 1. The van der Waals surface area contributed by atoms with Crippen LogP contribution >= 0.6 is 0 Å². The molecule has 10 heteroatoms. The predicted molar refractivity (Wildman–Crippen MR) is 103 cm³/mol. The highest BCUT2D eigenvalue weighted by Gasteiger charge is 2.38. The Balaban J connectivity index is 1.36. The Morgan fingerprint density at radius 2 is 1.73 bits per heavy atom. The van der Waals surface area contributed by atoms with Gasteiger partial charge in [0.15, 0.2) is 5.65 Å². The number of aryl methyl sites for hydroxylation is 1. The van der Waals surface area contributed by atoms with E-state index >= 15 is 0 Å². The summed E-state index contributed by atoms with van der Waals surface area (Å²) in [5, 5.41) is 10.9. The zero-order valence-corrected chi connectivity index (χ0v) is 16.0. The van der Waals surface area contributed by atoms with Crippen molar-refractivity contribution in [3.05, 3.63) is 47.8 Å². The van der Waals surface area contributed by atoms with Gasteiger partial charge in [0.25, 0.3) is 5.82 Å². The number of rotatable bonds is 2. The first-order valence-electron chi connectivity index (χ1n) is 9.86. The average molecular weight is 416 g/mol. The number of fused-ring (bicyclic) bond motifs is 2. The quantitative estimate of drug-likeness (QED) is 0.642. The maximum absolute atomic E-state index is 13.1. The Bertz CT molecular complexity index is 1100. The number of benzene rings is 1. The minimum absolute atomic E-state index is 0.0523. The number of anilines is 2. The Labute approximate surface area is 170 Å². The molecule has 30 heavy (non-hydrogen) atoms. The van der Waals surface area contributed by atoms with Crippen molar-refractivity contribution in [2.24, 2.45) is 0 Å². The lowest BCUT2D eigenvalue weighted by atomic mass is 9.95. The molecule has 0 radical (unpaired) electrons. The molecule has 0 bridgehead atoms. The Hall–Kier alpha value is -3.17. The summed E-state index contributed by atoms with van der Waals surface area (Å²) in [6.45, 7) is 1.19. The van der Waals surface area contributed by atoms with Crippen molar-refractivity contribution in [1.82, 2.24) is 19.8 Å². The minimum atomic E-state index is -4.62. The molecule has 1 fully saturated rings. The molecule has 0 atom stereocenters. The molecule has 2 aliphatic rings. The van der Waals surface area contributed by atoms with Gasteiger partial charge in [-0.3, -0.25) is 4.79 Å². The van der Waals surface area contributed by atoms with E-state index in [1.54, 1.807) is 6.07 Å². The van der Waals surface area contributed by atoms with Crippen LogP contribution in [0.1, 0.15) is 30.7 Å². The second kappa shape index (κ2) is 6.96. The van der Waals surface area contributed by atoms with Gasteiger partial charge in [0.05, 0.1) is 0 Å².